The zero-order chi connectivity index (χ0) is 13.8. The zero-order valence-corrected chi connectivity index (χ0v) is 11.3. The summed E-state index contributed by atoms with van der Waals surface area (Å²) in [5, 5.41) is 18.4. The van der Waals surface area contributed by atoms with E-state index in [4.69, 9.17) is 5.11 Å². The van der Waals surface area contributed by atoms with Crippen LogP contribution in [-0.2, 0) is 0 Å². The summed E-state index contributed by atoms with van der Waals surface area (Å²) in [6, 6.07) is 11.2. The fraction of sp³-hybridized carbons (Fsp3) is 0. The molecule has 0 aliphatic heterocycles. The second kappa shape index (κ2) is 5.67. The van der Waals surface area contributed by atoms with Crippen LogP contribution < -0.4 is 0 Å². The van der Waals surface area contributed by atoms with Crippen molar-refractivity contribution in [3.8, 4) is 5.75 Å². The maximum Gasteiger partial charge on any atom is 0.335 e. The van der Waals surface area contributed by atoms with Crippen LogP contribution in [0.15, 0.2) is 51.9 Å². The molecule has 0 unspecified atom stereocenters. The number of phenolic OH excluding ortho intramolecular Hbond substituents is 1. The Morgan fingerprint density at radius 3 is 2.47 bits per heavy atom. The second-order valence-electron chi connectivity index (χ2n) is 3.81. The third-order valence-corrected chi connectivity index (χ3v) is 2.95. The van der Waals surface area contributed by atoms with E-state index in [0.717, 1.165) is 4.47 Å². The topological polar surface area (TPSA) is 69.9 Å². The molecule has 0 aliphatic carbocycles. The van der Waals surface area contributed by atoms with E-state index in [9.17, 15) is 9.90 Å². The number of aromatic carboxylic acids is 1. The summed E-state index contributed by atoms with van der Waals surface area (Å²) in [6.07, 6.45) is 1.52. The number of nitrogens with zero attached hydrogens (tertiary/aromatic N) is 1. The number of carboxylic acids is 1. The Labute approximate surface area is 118 Å². The van der Waals surface area contributed by atoms with E-state index in [1.54, 1.807) is 30.3 Å². The van der Waals surface area contributed by atoms with E-state index < -0.39 is 5.97 Å². The van der Waals surface area contributed by atoms with Crippen LogP contribution in [0.4, 0.5) is 5.69 Å². The summed E-state index contributed by atoms with van der Waals surface area (Å²) in [7, 11) is 0. The molecule has 96 valence electrons. The number of rotatable bonds is 3. The van der Waals surface area contributed by atoms with Gasteiger partial charge < -0.3 is 10.2 Å². The van der Waals surface area contributed by atoms with E-state index >= 15 is 0 Å². The number of phenols is 1. The van der Waals surface area contributed by atoms with Crippen molar-refractivity contribution in [2.45, 2.75) is 0 Å². The Balaban J connectivity index is 2.22. The van der Waals surface area contributed by atoms with Gasteiger partial charge in [0.05, 0.1) is 11.3 Å². The smallest absolute Gasteiger partial charge is 0.335 e. The van der Waals surface area contributed by atoms with Crippen molar-refractivity contribution >= 4 is 33.8 Å². The Bertz CT molecular complexity index is 636. The van der Waals surface area contributed by atoms with Crippen LogP contribution in [0.3, 0.4) is 0 Å². The van der Waals surface area contributed by atoms with Crippen LogP contribution in [0, 0.1) is 0 Å². The number of benzene rings is 2. The van der Waals surface area contributed by atoms with Crippen molar-refractivity contribution in [1.29, 1.82) is 0 Å². The molecule has 0 saturated heterocycles. The first-order valence-corrected chi connectivity index (χ1v) is 6.21. The molecule has 0 heterocycles. The minimum absolute atomic E-state index is 0.133. The minimum Gasteiger partial charge on any atom is -0.507 e. The van der Waals surface area contributed by atoms with Crippen LogP contribution in [0.2, 0.25) is 0 Å². The Morgan fingerprint density at radius 2 is 1.84 bits per heavy atom. The van der Waals surface area contributed by atoms with Crippen LogP contribution in [0.1, 0.15) is 15.9 Å². The lowest BCUT2D eigenvalue weighted by Gasteiger charge is -1.99. The minimum atomic E-state index is -0.972. The summed E-state index contributed by atoms with van der Waals surface area (Å²) in [4.78, 5) is 14.9. The van der Waals surface area contributed by atoms with E-state index in [2.05, 4.69) is 20.9 Å². The van der Waals surface area contributed by atoms with Gasteiger partial charge in [-0.3, -0.25) is 4.99 Å². The summed E-state index contributed by atoms with van der Waals surface area (Å²) >= 11 is 3.31. The predicted molar refractivity (Wildman–Crippen MR) is 76.5 cm³/mol. The average Bonchev–Trinajstić information content (AvgIpc) is 2.40. The quantitative estimate of drug-likeness (QED) is 0.849. The lowest BCUT2D eigenvalue weighted by Crippen LogP contribution is -1.94. The van der Waals surface area contributed by atoms with Gasteiger partial charge >= 0.3 is 5.97 Å². The maximum absolute atomic E-state index is 10.7. The molecule has 4 nitrogen and oxygen atoms in total. The van der Waals surface area contributed by atoms with Gasteiger partial charge in [0.15, 0.2) is 0 Å². The van der Waals surface area contributed by atoms with Gasteiger partial charge in [0.1, 0.15) is 5.75 Å². The summed E-state index contributed by atoms with van der Waals surface area (Å²) in [5.74, 6) is -0.839. The second-order valence-corrected chi connectivity index (χ2v) is 4.73. The van der Waals surface area contributed by atoms with Gasteiger partial charge in [-0.05, 0) is 42.5 Å². The molecular formula is C14H10BrNO3. The van der Waals surface area contributed by atoms with Gasteiger partial charge in [-0.25, -0.2) is 4.79 Å². The van der Waals surface area contributed by atoms with Crippen molar-refractivity contribution in [2.24, 2.45) is 4.99 Å². The molecule has 0 aliphatic rings. The number of carbonyl (C=O) groups is 1. The number of aromatic hydroxyl groups is 1. The highest BCUT2D eigenvalue weighted by molar-refractivity contribution is 9.10. The van der Waals surface area contributed by atoms with Gasteiger partial charge in [0.2, 0.25) is 0 Å². The highest BCUT2D eigenvalue weighted by Crippen LogP contribution is 2.21. The van der Waals surface area contributed by atoms with E-state index in [-0.39, 0.29) is 11.3 Å². The molecule has 2 N–H and O–H groups in total. The third-order valence-electron chi connectivity index (χ3n) is 2.46. The molecule has 2 aromatic carbocycles. The van der Waals surface area contributed by atoms with Gasteiger partial charge in [-0.1, -0.05) is 15.9 Å². The average molecular weight is 320 g/mol. The standard InChI is InChI=1S/C14H10BrNO3/c15-11-3-6-13(17)10(7-11)8-16-12-4-1-9(2-5-12)14(18)19/h1-8,17H,(H,18,19)/b16-8+. The lowest BCUT2D eigenvalue weighted by atomic mass is 10.2. The number of hydrogen-bond acceptors (Lipinski definition) is 3. The van der Waals surface area contributed by atoms with Gasteiger partial charge in [-0.2, -0.15) is 0 Å². The van der Waals surface area contributed by atoms with E-state index in [1.807, 2.05) is 0 Å². The molecule has 0 fully saturated rings. The van der Waals surface area contributed by atoms with Crippen LogP contribution >= 0.6 is 15.9 Å². The summed E-state index contributed by atoms with van der Waals surface area (Å²) in [6.45, 7) is 0. The Hall–Kier alpha value is -2.14. The highest BCUT2D eigenvalue weighted by Gasteiger charge is 2.01. The molecule has 2 rings (SSSR count). The molecule has 0 saturated carbocycles. The Kier molecular flexibility index (Phi) is 3.97. The molecule has 0 aromatic heterocycles. The van der Waals surface area contributed by atoms with Crippen molar-refractivity contribution in [3.63, 3.8) is 0 Å². The fourth-order valence-electron chi connectivity index (χ4n) is 1.46. The summed E-state index contributed by atoms with van der Waals surface area (Å²) < 4.78 is 0.841. The largest absolute Gasteiger partial charge is 0.507 e. The first-order valence-electron chi connectivity index (χ1n) is 5.42. The highest BCUT2D eigenvalue weighted by atomic mass is 79.9. The number of aliphatic imine (C=N–C) groups is 1. The number of hydrogen-bond donors (Lipinski definition) is 2. The van der Waals surface area contributed by atoms with Gasteiger partial charge in [0, 0.05) is 16.3 Å². The van der Waals surface area contributed by atoms with Crippen LogP contribution in [0.25, 0.3) is 0 Å². The molecule has 0 radical (unpaired) electrons. The van der Waals surface area contributed by atoms with Crippen molar-refractivity contribution in [2.75, 3.05) is 0 Å². The van der Waals surface area contributed by atoms with Crippen LogP contribution in [0.5, 0.6) is 5.75 Å². The molecule has 0 amide bonds. The SMILES string of the molecule is O=C(O)c1ccc(/N=C/c2cc(Br)ccc2O)cc1. The summed E-state index contributed by atoms with van der Waals surface area (Å²) in [5.41, 5.74) is 1.41. The van der Waals surface area contributed by atoms with Crippen molar-refractivity contribution in [1.82, 2.24) is 0 Å². The fourth-order valence-corrected chi connectivity index (χ4v) is 1.84. The van der Waals surface area contributed by atoms with E-state index in [0.29, 0.717) is 11.3 Å². The molecular weight excluding hydrogens is 310 g/mol. The molecule has 0 bridgehead atoms. The molecule has 0 atom stereocenters. The van der Waals surface area contributed by atoms with Crippen LogP contribution in [-0.4, -0.2) is 22.4 Å². The monoisotopic (exact) mass is 319 g/mol. The molecule has 0 spiro atoms. The van der Waals surface area contributed by atoms with Gasteiger partial charge in [-0.15, -0.1) is 0 Å². The van der Waals surface area contributed by atoms with Gasteiger partial charge in [0.25, 0.3) is 0 Å². The lowest BCUT2D eigenvalue weighted by molar-refractivity contribution is 0.0697. The van der Waals surface area contributed by atoms with E-state index in [1.165, 1.54) is 18.3 Å². The number of halogens is 1. The number of carboxylic acid groups (broad SMARTS) is 1. The third kappa shape index (κ3) is 3.42. The first kappa shape index (κ1) is 13.3. The van der Waals surface area contributed by atoms with Crippen molar-refractivity contribution in [3.05, 3.63) is 58.1 Å². The maximum atomic E-state index is 10.7. The van der Waals surface area contributed by atoms with Crippen molar-refractivity contribution < 1.29 is 15.0 Å². The first-order chi connectivity index (χ1) is 9.06. The normalized spacial score (nSPS) is 10.8. The Morgan fingerprint density at radius 1 is 1.16 bits per heavy atom. The molecule has 19 heavy (non-hydrogen) atoms. The predicted octanol–water partition coefficient (Wildman–Crippen LogP) is 3.60. The molecule has 5 heteroatoms. The zero-order valence-electron chi connectivity index (χ0n) is 9.75. The molecule has 2 aromatic rings.